The van der Waals surface area contributed by atoms with Crippen molar-refractivity contribution in [3.05, 3.63) is 0 Å². The van der Waals surface area contributed by atoms with Crippen LogP contribution in [0.5, 0.6) is 0 Å². The number of hydrogen-bond donors (Lipinski definition) is 4. The molecule has 0 aromatic carbocycles. The van der Waals surface area contributed by atoms with Crippen molar-refractivity contribution in [2.24, 2.45) is 0 Å². The molecule has 0 aromatic heterocycles. The monoisotopic (exact) mass is 318 g/mol. The lowest BCUT2D eigenvalue weighted by atomic mass is 10.4. The molecule has 2 aliphatic heterocycles. The number of nitrogens with zero attached hydrogens (tertiary/aromatic N) is 2. The third-order valence-corrected chi connectivity index (χ3v) is 4.40. The Morgan fingerprint density at radius 3 is 1.65 bits per heavy atom. The zero-order valence-electron chi connectivity index (χ0n) is 12.4. The van der Waals surface area contributed by atoms with Crippen molar-refractivity contribution >= 4 is 34.7 Å². The van der Waals surface area contributed by atoms with E-state index in [0.29, 0.717) is 0 Å². The highest BCUT2D eigenvalue weighted by molar-refractivity contribution is 7.80. The van der Waals surface area contributed by atoms with Crippen LogP contribution in [-0.2, 0) is 0 Å². The maximum atomic E-state index is 5.46. The summed E-state index contributed by atoms with van der Waals surface area (Å²) in [5, 5.41) is 12.4. The van der Waals surface area contributed by atoms with E-state index in [1.807, 2.05) is 0 Å². The first-order chi connectivity index (χ1) is 9.65. The molecule has 2 saturated heterocycles. The summed E-state index contributed by atoms with van der Waals surface area (Å²) in [5.74, 6) is 0. The molecule has 0 aromatic rings. The predicted octanol–water partition coefficient (Wildman–Crippen LogP) is -2.30. The Labute approximate surface area is 132 Å². The van der Waals surface area contributed by atoms with Crippen LogP contribution in [0.4, 0.5) is 0 Å². The van der Waals surface area contributed by atoms with Crippen molar-refractivity contribution in [1.29, 1.82) is 0 Å². The van der Waals surface area contributed by atoms with Gasteiger partial charge in [-0.3, -0.25) is 9.80 Å². The zero-order valence-corrected chi connectivity index (χ0v) is 14.0. The van der Waals surface area contributed by atoms with Crippen LogP contribution in [0.1, 0.15) is 26.7 Å². The lowest BCUT2D eigenvalue weighted by Gasteiger charge is -2.44. The Morgan fingerprint density at radius 1 is 0.900 bits per heavy atom. The lowest BCUT2D eigenvalue weighted by molar-refractivity contribution is -0.930. The molecule has 2 unspecified atom stereocenters. The fourth-order valence-electron chi connectivity index (χ4n) is 2.69. The van der Waals surface area contributed by atoms with Crippen molar-refractivity contribution in [2.45, 2.75) is 26.7 Å². The maximum Gasteiger partial charge on any atom is 0.197 e. The summed E-state index contributed by atoms with van der Waals surface area (Å²) in [6, 6.07) is 0. The second-order valence-corrected chi connectivity index (χ2v) is 6.21. The first kappa shape index (κ1) is 15.7. The van der Waals surface area contributed by atoms with E-state index in [0.717, 1.165) is 50.0 Å². The first-order valence-corrected chi connectivity index (χ1v) is 8.25. The highest BCUT2D eigenvalue weighted by Crippen LogP contribution is 2.00. The van der Waals surface area contributed by atoms with Crippen molar-refractivity contribution in [3.63, 3.8) is 0 Å². The van der Waals surface area contributed by atoms with Crippen LogP contribution in [0.25, 0.3) is 0 Å². The number of hydrogen-bond acceptors (Lipinski definition) is 2. The molecule has 2 aliphatic rings. The van der Waals surface area contributed by atoms with E-state index in [2.05, 4.69) is 34.5 Å². The molecule has 0 bridgehead atoms. The van der Waals surface area contributed by atoms with E-state index >= 15 is 0 Å². The summed E-state index contributed by atoms with van der Waals surface area (Å²) in [5.41, 5.74) is 0. The second kappa shape index (κ2) is 7.35. The van der Waals surface area contributed by atoms with Gasteiger partial charge in [-0.25, -0.2) is 10.0 Å². The SMILES string of the molecule is CCC[NH+]1CNC(=S)N(N2C[NH+](CCC)CNC2=S)C1. The molecule has 4 N–H and O–H groups in total. The van der Waals surface area contributed by atoms with Crippen LogP contribution < -0.4 is 20.4 Å². The number of nitrogens with one attached hydrogen (secondary N) is 4. The van der Waals surface area contributed by atoms with Crippen LogP contribution in [-0.4, -0.2) is 60.0 Å². The summed E-state index contributed by atoms with van der Waals surface area (Å²) in [4.78, 5) is 2.98. The van der Waals surface area contributed by atoms with Gasteiger partial charge in [0.25, 0.3) is 0 Å². The largest absolute Gasteiger partial charge is 0.314 e. The van der Waals surface area contributed by atoms with Gasteiger partial charge in [0.05, 0.1) is 13.1 Å². The van der Waals surface area contributed by atoms with Crippen LogP contribution >= 0.6 is 24.4 Å². The molecule has 0 saturated carbocycles. The van der Waals surface area contributed by atoms with Gasteiger partial charge in [-0.05, 0) is 37.3 Å². The number of quaternary nitrogens is 2. The summed E-state index contributed by atoms with van der Waals surface area (Å²) in [6.07, 6.45) is 2.35. The third-order valence-electron chi connectivity index (χ3n) is 3.69. The Kier molecular flexibility index (Phi) is 5.76. The van der Waals surface area contributed by atoms with E-state index in [1.54, 1.807) is 0 Å². The average Bonchev–Trinajstić information content (AvgIpc) is 2.44. The molecule has 0 spiro atoms. The molecule has 2 heterocycles. The molecule has 6 nitrogen and oxygen atoms in total. The van der Waals surface area contributed by atoms with Gasteiger partial charge in [0.2, 0.25) is 0 Å². The maximum absolute atomic E-state index is 5.46. The molecule has 0 amide bonds. The molecule has 8 heteroatoms. The molecule has 114 valence electrons. The van der Waals surface area contributed by atoms with E-state index in [9.17, 15) is 0 Å². The summed E-state index contributed by atoms with van der Waals surface area (Å²) < 4.78 is 0. The second-order valence-electron chi connectivity index (χ2n) is 5.43. The van der Waals surface area contributed by atoms with Crippen molar-refractivity contribution in [3.8, 4) is 0 Å². The minimum absolute atomic E-state index is 0.784. The fraction of sp³-hybridized carbons (Fsp3) is 0.833. The number of hydrazine groups is 1. The Hall–Kier alpha value is -0.700. The van der Waals surface area contributed by atoms with E-state index in [-0.39, 0.29) is 0 Å². The lowest BCUT2D eigenvalue weighted by Crippen LogP contribution is -3.20. The van der Waals surface area contributed by atoms with Gasteiger partial charge >= 0.3 is 0 Å². The highest BCUT2D eigenvalue weighted by atomic mass is 32.1. The normalized spacial score (nSPS) is 27.3. The minimum Gasteiger partial charge on any atom is -0.314 e. The van der Waals surface area contributed by atoms with Crippen molar-refractivity contribution in [1.82, 2.24) is 20.7 Å². The topological polar surface area (TPSA) is 39.4 Å². The highest BCUT2D eigenvalue weighted by Gasteiger charge is 2.34. The molecular formula is C12H26N6S2+2. The Balaban J connectivity index is 2.02. The van der Waals surface area contributed by atoms with E-state index in [1.165, 1.54) is 22.6 Å². The smallest absolute Gasteiger partial charge is 0.197 e. The molecular weight excluding hydrogens is 292 g/mol. The summed E-state index contributed by atoms with van der Waals surface area (Å²) in [7, 11) is 0. The van der Waals surface area contributed by atoms with Crippen LogP contribution in [0, 0.1) is 0 Å². The summed E-state index contributed by atoms with van der Waals surface area (Å²) >= 11 is 10.9. The Bertz CT molecular complexity index is 330. The van der Waals surface area contributed by atoms with Crippen LogP contribution in [0.2, 0.25) is 0 Å². The standard InChI is InChI=1S/C12H24N6S2/c1-3-5-15-7-13-11(19)17(9-15)18-10-16(6-4-2)8-14-12(18)20/h3-10H2,1-2H3,(H,13,19)(H,14,20)/p+2. The third kappa shape index (κ3) is 3.69. The summed E-state index contributed by atoms with van der Waals surface area (Å²) in [6.45, 7) is 10.3. The molecule has 0 aliphatic carbocycles. The van der Waals surface area contributed by atoms with Gasteiger partial charge < -0.3 is 10.6 Å². The Morgan fingerprint density at radius 2 is 1.30 bits per heavy atom. The predicted molar refractivity (Wildman–Crippen MR) is 86.9 cm³/mol. The molecule has 2 rings (SSSR count). The van der Waals surface area contributed by atoms with Gasteiger partial charge in [-0.2, -0.15) is 0 Å². The average molecular weight is 319 g/mol. The van der Waals surface area contributed by atoms with Crippen molar-refractivity contribution in [2.75, 3.05) is 39.8 Å². The van der Waals surface area contributed by atoms with Crippen LogP contribution in [0.3, 0.4) is 0 Å². The quantitative estimate of drug-likeness (QED) is 0.428. The van der Waals surface area contributed by atoms with Gasteiger partial charge in [0.1, 0.15) is 0 Å². The number of thiocarbonyl (C=S) groups is 2. The zero-order chi connectivity index (χ0) is 14.5. The van der Waals surface area contributed by atoms with E-state index < -0.39 is 0 Å². The molecule has 0 radical (unpaired) electrons. The van der Waals surface area contributed by atoms with Crippen molar-refractivity contribution < 1.29 is 9.80 Å². The van der Waals surface area contributed by atoms with Gasteiger partial charge in [-0.1, -0.05) is 13.8 Å². The van der Waals surface area contributed by atoms with Gasteiger partial charge in [-0.15, -0.1) is 0 Å². The minimum atomic E-state index is 0.784. The van der Waals surface area contributed by atoms with E-state index in [4.69, 9.17) is 24.4 Å². The van der Waals surface area contributed by atoms with Gasteiger partial charge in [0, 0.05) is 0 Å². The fourth-order valence-corrected chi connectivity index (χ4v) is 3.17. The van der Waals surface area contributed by atoms with Gasteiger partial charge in [0.15, 0.2) is 36.9 Å². The first-order valence-electron chi connectivity index (χ1n) is 7.43. The molecule has 20 heavy (non-hydrogen) atoms. The number of rotatable bonds is 5. The van der Waals surface area contributed by atoms with Crippen LogP contribution in [0.15, 0.2) is 0 Å². The molecule has 2 fully saturated rings. The molecule has 2 atom stereocenters.